The van der Waals surface area contributed by atoms with Gasteiger partial charge in [0.05, 0.1) is 11.0 Å². The first-order valence-electron chi connectivity index (χ1n) is 9.48. The van der Waals surface area contributed by atoms with Crippen LogP contribution in [0.5, 0.6) is 0 Å². The van der Waals surface area contributed by atoms with Crippen LogP contribution in [0.15, 0.2) is 59.5 Å². The van der Waals surface area contributed by atoms with Crippen LogP contribution in [0.2, 0.25) is 0 Å². The van der Waals surface area contributed by atoms with Gasteiger partial charge in [-0.15, -0.1) is 0 Å². The Bertz CT molecular complexity index is 814. The number of aryl methyl sites for hydroxylation is 1. The van der Waals surface area contributed by atoms with Crippen LogP contribution in [-0.4, -0.2) is 44.2 Å². The number of nitrogens with one attached hydrogen (secondary N) is 1. The summed E-state index contributed by atoms with van der Waals surface area (Å²) in [7, 11) is -3.59. The van der Waals surface area contributed by atoms with E-state index in [9.17, 15) is 13.5 Å². The molecule has 0 radical (unpaired) electrons. The summed E-state index contributed by atoms with van der Waals surface area (Å²) >= 11 is 0. The molecule has 5 nitrogen and oxygen atoms in total. The van der Waals surface area contributed by atoms with Gasteiger partial charge in [-0.05, 0) is 50.4 Å². The molecule has 0 aromatic heterocycles. The molecule has 3 rings (SSSR count). The van der Waals surface area contributed by atoms with Crippen molar-refractivity contribution < 1.29 is 13.5 Å². The zero-order valence-electron chi connectivity index (χ0n) is 15.7. The van der Waals surface area contributed by atoms with Gasteiger partial charge in [-0.3, -0.25) is 0 Å². The van der Waals surface area contributed by atoms with Gasteiger partial charge in [-0.25, -0.2) is 13.1 Å². The van der Waals surface area contributed by atoms with Crippen LogP contribution in [0.1, 0.15) is 36.4 Å². The van der Waals surface area contributed by atoms with Crippen LogP contribution in [0.4, 0.5) is 0 Å². The number of hydrogen-bond acceptors (Lipinski definition) is 4. The summed E-state index contributed by atoms with van der Waals surface area (Å²) in [5, 5.41) is 9.66. The van der Waals surface area contributed by atoms with Gasteiger partial charge in [0.15, 0.2) is 0 Å². The zero-order chi connectivity index (χ0) is 19.3. The molecule has 1 aliphatic rings. The molecule has 1 heterocycles. The minimum absolute atomic E-state index is 0.203. The fourth-order valence-electron chi connectivity index (χ4n) is 3.41. The van der Waals surface area contributed by atoms with Crippen LogP contribution < -0.4 is 4.72 Å². The van der Waals surface area contributed by atoms with Crippen molar-refractivity contribution in [2.45, 2.75) is 43.2 Å². The van der Waals surface area contributed by atoms with Crippen LogP contribution in [0, 0.1) is 6.92 Å². The number of aliphatic hydroxyl groups is 1. The van der Waals surface area contributed by atoms with E-state index < -0.39 is 10.0 Å². The van der Waals surface area contributed by atoms with E-state index in [1.165, 1.54) is 0 Å². The Kier molecular flexibility index (Phi) is 6.65. The summed E-state index contributed by atoms with van der Waals surface area (Å²) < 4.78 is 28.6. The van der Waals surface area contributed by atoms with Crippen LogP contribution in [0.25, 0.3) is 0 Å². The first-order valence-corrected chi connectivity index (χ1v) is 11.0. The Morgan fingerprint density at radius 3 is 2.33 bits per heavy atom. The maximum absolute atomic E-state index is 12.9. The smallest absolute Gasteiger partial charge is 0.241 e. The molecule has 2 aromatic rings. The van der Waals surface area contributed by atoms with Crippen LogP contribution in [-0.2, 0) is 10.0 Å². The molecule has 146 valence electrons. The van der Waals surface area contributed by atoms with Crippen molar-refractivity contribution in [1.82, 2.24) is 9.62 Å². The number of nitrogens with zero attached hydrogens (tertiary/aromatic N) is 1. The minimum Gasteiger partial charge on any atom is -0.393 e. The summed E-state index contributed by atoms with van der Waals surface area (Å²) in [6.07, 6.45) is 2.05. The number of likely N-dealkylation sites (tertiary alicyclic amines) is 1. The predicted octanol–water partition coefficient (Wildman–Crippen LogP) is 2.86. The summed E-state index contributed by atoms with van der Waals surface area (Å²) in [5.41, 5.74) is 1.99. The van der Waals surface area contributed by atoms with Gasteiger partial charge in [0.2, 0.25) is 10.0 Å². The largest absolute Gasteiger partial charge is 0.393 e. The topological polar surface area (TPSA) is 69.6 Å². The molecular formula is C21H28N2O3S. The molecule has 0 bridgehead atoms. The van der Waals surface area contributed by atoms with Gasteiger partial charge in [-0.1, -0.05) is 48.0 Å². The van der Waals surface area contributed by atoms with Gasteiger partial charge < -0.3 is 10.0 Å². The molecule has 0 aliphatic carbocycles. The third kappa shape index (κ3) is 5.62. The van der Waals surface area contributed by atoms with Crippen molar-refractivity contribution >= 4 is 10.0 Å². The molecule has 0 spiro atoms. The summed E-state index contributed by atoms with van der Waals surface area (Å²) in [5.74, 6) is 0. The van der Waals surface area contributed by atoms with E-state index in [-0.39, 0.29) is 17.0 Å². The van der Waals surface area contributed by atoms with Crippen molar-refractivity contribution in [2.75, 3.05) is 19.6 Å². The summed E-state index contributed by atoms with van der Waals surface area (Å²) in [6, 6.07) is 16.3. The quantitative estimate of drug-likeness (QED) is 0.765. The molecule has 2 N–H and O–H groups in total. The normalized spacial score (nSPS) is 17.7. The van der Waals surface area contributed by atoms with Gasteiger partial charge in [0, 0.05) is 19.1 Å². The second-order valence-corrected chi connectivity index (χ2v) is 8.97. The third-order valence-corrected chi connectivity index (χ3v) is 6.61. The molecule has 1 fully saturated rings. The number of aliphatic hydroxyl groups excluding tert-OH is 1. The van der Waals surface area contributed by atoms with E-state index in [1.807, 2.05) is 49.4 Å². The highest BCUT2D eigenvalue weighted by Crippen LogP contribution is 2.22. The van der Waals surface area contributed by atoms with Gasteiger partial charge in [0.25, 0.3) is 0 Å². The lowest BCUT2D eigenvalue weighted by atomic mass is 10.0. The van der Waals surface area contributed by atoms with E-state index in [1.54, 1.807) is 12.1 Å². The Morgan fingerprint density at radius 2 is 1.70 bits per heavy atom. The lowest BCUT2D eigenvalue weighted by Gasteiger charge is -2.31. The van der Waals surface area contributed by atoms with Gasteiger partial charge in [0.1, 0.15) is 0 Å². The lowest BCUT2D eigenvalue weighted by Crippen LogP contribution is -2.38. The molecule has 2 aromatic carbocycles. The average Bonchev–Trinajstić information content (AvgIpc) is 2.67. The maximum Gasteiger partial charge on any atom is 0.241 e. The van der Waals surface area contributed by atoms with Crippen molar-refractivity contribution in [1.29, 1.82) is 0 Å². The van der Waals surface area contributed by atoms with Crippen LogP contribution >= 0.6 is 0 Å². The molecule has 27 heavy (non-hydrogen) atoms. The van der Waals surface area contributed by atoms with E-state index >= 15 is 0 Å². The Labute approximate surface area is 162 Å². The van der Waals surface area contributed by atoms with Crippen molar-refractivity contribution in [2.24, 2.45) is 0 Å². The second-order valence-electron chi connectivity index (χ2n) is 7.26. The molecule has 0 saturated carbocycles. The second kappa shape index (κ2) is 8.97. The van der Waals surface area contributed by atoms with Crippen molar-refractivity contribution in [3.63, 3.8) is 0 Å². The summed E-state index contributed by atoms with van der Waals surface area (Å²) in [4.78, 5) is 2.58. The fourth-order valence-corrected chi connectivity index (χ4v) is 4.67. The van der Waals surface area contributed by atoms with Gasteiger partial charge >= 0.3 is 0 Å². The highest BCUT2D eigenvalue weighted by molar-refractivity contribution is 7.89. The Balaban J connectivity index is 1.73. The number of benzene rings is 2. The molecule has 0 amide bonds. The molecule has 1 saturated heterocycles. The van der Waals surface area contributed by atoms with E-state index in [2.05, 4.69) is 9.62 Å². The molecule has 1 aliphatic heterocycles. The monoisotopic (exact) mass is 388 g/mol. The Morgan fingerprint density at radius 1 is 1.07 bits per heavy atom. The fraction of sp³-hybridized carbons (Fsp3) is 0.429. The lowest BCUT2D eigenvalue weighted by molar-refractivity contribution is 0.0810. The number of piperidine rings is 1. The number of sulfonamides is 1. The van der Waals surface area contributed by atoms with Crippen molar-refractivity contribution in [3.05, 3.63) is 65.7 Å². The first kappa shape index (κ1) is 20.0. The molecular weight excluding hydrogens is 360 g/mol. The highest BCUT2D eigenvalue weighted by atomic mass is 32.2. The SMILES string of the molecule is Cc1ccc(S(=O)(=O)NC(CCN2CCC(O)CC2)c2ccccc2)cc1. The minimum atomic E-state index is -3.59. The van der Waals surface area contributed by atoms with E-state index in [4.69, 9.17) is 0 Å². The third-order valence-electron chi connectivity index (χ3n) is 5.12. The van der Waals surface area contributed by atoms with Gasteiger partial charge in [-0.2, -0.15) is 0 Å². The van der Waals surface area contributed by atoms with Crippen molar-refractivity contribution in [3.8, 4) is 0 Å². The first-order chi connectivity index (χ1) is 12.9. The molecule has 6 heteroatoms. The molecule has 1 unspecified atom stereocenters. The zero-order valence-corrected chi connectivity index (χ0v) is 16.5. The Hall–Kier alpha value is -1.73. The number of hydrogen-bond donors (Lipinski definition) is 2. The maximum atomic E-state index is 12.9. The molecule has 1 atom stereocenters. The number of rotatable bonds is 7. The average molecular weight is 389 g/mol. The van der Waals surface area contributed by atoms with E-state index in [0.29, 0.717) is 6.42 Å². The van der Waals surface area contributed by atoms with Crippen LogP contribution in [0.3, 0.4) is 0 Å². The predicted molar refractivity (Wildman–Crippen MR) is 107 cm³/mol. The summed E-state index contributed by atoms with van der Waals surface area (Å²) in [6.45, 7) is 4.44. The highest BCUT2D eigenvalue weighted by Gasteiger charge is 2.23. The van der Waals surface area contributed by atoms with E-state index in [0.717, 1.165) is 43.6 Å². The standard InChI is InChI=1S/C21H28N2O3S/c1-17-7-9-20(10-8-17)27(25,26)22-21(18-5-3-2-4-6-18)13-16-23-14-11-19(24)12-15-23/h2-10,19,21-22,24H,11-16H2,1H3.